The first-order valence-corrected chi connectivity index (χ1v) is 9.57. The zero-order valence-electron chi connectivity index (χ0n) is 16.6. The van der Waals surface area contributed by atoms with Crippen molar-refractivity contribution in [3.63, 3.8) is 0 Å². The Balaban J connectivity index is 1.54. The zero-order valence-corrected chi connectivity index (χ0v) is 16.6. The highest BCUT2D eigenvalue weighted by molar-refractivity contribution is 5.81. The molecule has 0 fully saturated rings. The van der Waals surface area contributed by atoms with Gasteiger partial charge < -0.3 is 5.32 Å². The molecule has 4 rings (SSSR count). The van der Waals surface area contributed by atoms with Gasteiger partial charge in [-0.05, 0) is 38.1 Å². The Bertz CT molecular complexity index is 1330. The SMILES string of the molecule is Cc1c(C(C)NC(=O)Cn2[nH]c(=O)c3ccccc3c2=O)cnn1-c1ccccc1. The quantitative estimate of drug-likeness (QED) is 0.532. The number of nitrogens with zero attached hydrogens (tertiary/aromatic N) is 3. The first-order chi connectivity index (χ1) is 14.5. The van der Waals surface area contributed by atoms with E-state index < -0.39 is 11.1 Å². The molecule has 0 saturated carbocycles. The van der Waals surface area contributed by atoms with Gasteiger partial charge in [0, 0.05) is 11.3 Å². The summed E-state index contributed by atoms with van der Waals surface area (Å²) < 4.78 is 2.84. The molecule has 1 atom stereocenters. The second-order valence-electron chi connectivity index (χ2n) is 7.10. The van der Waals surface area contributed by atoms with Crippen molar-refractivity contribution in [3.05, 3.63) is 92.8 Å². The molecule has 0 radical (unpaired) electrons. The van der Waals surface area contributed by atoms with Crippen molar-refractivity contribution in [1.82, 2.24) is 24.9 Å². The van der Waals surface area contributed by atoms with Gasteiger partial charge in [-0.15, -0.1) is 0 Å². The Kier molecular flexibility index (Phi) is 5.05. The minimum absolute atomic E-state index is 0.280. The predicted octanol–water partition coefficient (Wildman–Crippen LogP) is 2.06. The number of hydrogen-bond acceptors (Lipinski definition) is 4. The number of carbonyl (C=O) groups is 1. The van der Waals surface area contributed by atoms with E-state index in [2.05, 4.69) is 15.5 Å². The fourth-order valence-electron chi connectivity index (χ4n) is 3.54. The Morgan fingerprint density at radius 3 is 2.47 bits per heavy atom. The van der Waals surface area contributed by atoms with E-state index in [1.807, 2.05) is 48.9 Å². The van der Waals surface area contributed by atoms with E-state index in [-0.39, 0.29) is 23.9 Å². The number of nitrogens with one attached hydrogen (secondary N) is 2. The van der Waals surface area contributed by atoms with Crippen LogP contribution >= 0.6 is 0 Å². The summed E-state index contributed by atoms with van der Waals surface area (Å²) in [6, 6.07) is 15.9. The van der Waals surface area contributed by atoms with Gasteiger partial charge in [0.2, 0.25) is 5.91 Å². The molecule has 0 aliphatic carbocycles. The summed E-state index contributed by atoms with van der Waals surface area (Å²) in [5, 5.41) is 10.3. The largest absolute Gasteiger partial charge is 0.348 e. The highest BCUT2D eigenvalue weighted by Crippen LogP contribution is 2.20. The lowest BCUT2D eigenvalue weighted by molar-refractivity contribution is -0.122. The third kappa shape index (κ3) is 3.55. The van der Waals surface area contributed by atoms with Crippen LogP contribution in [0, 0.1) is 6.92 Å². The van der Waals surface area contributed by atoms with Crippen molar-refractivity contribution >= 4 is 16.7 Å². The van der Waals surface area contributed by atoms with Gasteiger partial charge in [0.1, 0.15) is 6.54 Å². The number of H-pyrrole nitrogens is 1. The standard InChI is InChI=1S/C22H21N5O3/c1-14(19-12-23-27(15(19)2)16-8-4-3-5-9-16)24-20(28)13-26-22(30)18-11-7-6-10-17(18)21(29)25-26/h3-12,14H,13H2,1-2H3,(H,24,28)(H,25,29). The summed E-state index contributed by atoms with van der Waals surface area (Å²) in [5.74, 6) is -0.387. The number of carbonyl (C=O) groups excluding carboxylic acids is 1. The second kappa shape index (κ2) is 7.82. The van der Waals surface area contributed by atoms with E-state index in [1.54, 1.807) is 30.5 Å². The third-order valence-electron chi connectivity index (χ3n) is 5.08. The zero-order chi connectivity index (χ0) is 21.3. The van der Waals surface area contributed by atoms with Gasteiger partial charge in [-0.25, -0.2) is 9.36 Å². The maximum atomic E-state index is 12.6. The highest BCUT2D eigenvalue weighted by atomic mass is 16.2. The molecule has 0 bridgehead atoms. The minimum Gasteiger partial charge on any atom is -0.348 e. The molecule has 2 heterocycles. The fourth-order valence-corrected chi connectivity index (χ4v) is 3.54. The Hall–Kier alpha value is -3.94. The van der Waals surface area contributed by atoms with Crippen LogP contribution in [-0.2, 0) is 11.3 Å². The summed E-state index contributed by atoms with van der Waals surface area (Å²) in [6.45, 7) is 3.50. The number of amides is 1. The molecule has 1 unspecified atom stereocenters. The van der Waals surface area contributed by atoms with Crippen LogP contribution < -0.4 is 16.4 Å². The van der Waals surface area contributed by atoms with E-state index >= 15 is 0 Å². The molecule has 0 aliphatic heterocycles. The number of aromatic amines is 1. The van der Waals surface area contributed by atoms with Crippen LogP contribution in [0.3, 0.4) is 0 Å². The lowest BCUT2D eigenvalue weighted by Crippen LogP contribution is -2.37. The van der Waals surface area contributed by atoms with Gasteiger partial charge in [0.25, 0.3) is 11.1 Å². The first-order valence-electron chi connectivity index (χ1n) is 9.57. The molecule has 0 saturated heterocycles. The van der Waals surface area contributed by atoms with Crippen molar-refractivity contribution in [2.45, 2.75) is 26.4 Å². The number of aromatic nitrogens is 4. The first kappa shape index (κ1) is 19.4. The molecular formula is C22H21N5O3. The van der Waals surface area contributed by atoms with Crippen molar-refractivity contribution in [2.24, 2.45) is 0 Å². The number of hydrogen-bond donors (Lipinski definition) is 2. The average molecular weight is 403 g/mol. The molecule has 2 N–H and O–H groups in total. The minimum atomic E-state index is -0.416. The van der Waals surface area contributed by atoms with Crippen LogP contribution in [0.1, 0.15) is 24.2 Å². The summed E-state index contributed by atoms with van der Waals surface area (Å²) in [6.07, 6.45) is 1.72. The van der Waals surface area contributed by atoms with Gasteiger partial charge in [0.05, 0.1) is 28.7 Å². The Morgan fingerprint density at radius 1 is 1.07 bits per heavy atom. The lowest BCUT2D eigenvalue weighted by Gasteiger charge is -2.15. The summed E-state index contributed by atoms with van der Waals surface area (Å²) in [4.78, 5) is 37.4. The van der Waals surface area contributed by atoms with Gasteiger partial charge in [-0.1, -0.05) is 30.3 Å². The van der Waals surface area contributed by atoms with E-state index in [1.165, 1.54) is 0 Å². The summed E-state index contributed by atoms with van der Waals surface area (Å²) in [5.41, 5.74) is 1.88. The van der Waals surface area contributed by atoms with Crippen LogP contribution in [0.15, 0.2) is 70.4 Å². The highest BCUT2D eigenvalue weighted by Gasteiger charge is 2.17. The maximum absolute atomic E-state index is 12.6. The molecule has 1 amide bonds. The molecule has 4 aromatic rings. The normalized spacial score (nSPS) is 12.1. The van der Waals surface area contributed by atoms with E-state index in [0.717, 1.165) is 21.6 Å². The number of rotatable bonds is 5. The average Bonchev–Trinajstić information content (AvgIpc) is 3.14. The van der Waals surface area contributed by atoms with Gasteiger partial charge >= 0.3 is 0 Å². The van der Waals surface area contributed by atoms with Crippen LogP contribution in [0.4, 0.5) is 0 Å². The summed E-state index contributed by atoms with van der Waals surface area (Å²) >= 11 is 0. The molecule has 8 heteroatoms. The molecular weight excluding hydrogens is 382 g/mol. The molecule has 0 spiro atoms. The fraction of sp³-hybridized carbons (Fsp3) is 0.182. The molecule has 2 aromatic heterocycles. The van der Waals surface area contributed by atoms with Crippen LogP contribution in [0.2, 0.25) is 0 Å². The van der Waals surface area contributed by atoms with Crippen molar-refractivity contribution < 1.29 is 4.79 Å². The van der Waals surface area contributed by atoms with Crippen LogP contribution in [0.5, 0.6) is 0 Å². The maximum Gasteiger partial charge on any atom is 0.273 e. The molecule has 0 aliphatic rings. The van der Waals surface area contributed by atoms with Crippen LogP contribution in [0.25, 0.3) is 16.5 Å². The topological polar surface area (TPSA) is 102 Å². The Labute approximate surface area is 171 Å². The molecule has 30 heavy (non-hydrogen) atoms. The summed E-state index contributed by atoms with van der Waals surface area (Å²) in [7, 11) is 0. The second-order valence-corrected chi connectivity index (χ2v) is 7.10. The monoisotopic (exact) mass is 403 g/mol. The predicted molar refractivity (Wildman–Crippen MR) is 114 cm³/mol. The van der Waals surface area contributed by atoms with Crippen LogP contribution in [-0.4, -0.2) is 25.5 Å². The van der Waals surface area contributed by atoms with E-state index in [4.69, 9.17) is 0 Å². The van der Waals surface area contributed by atoms with Crippen molar-refractivity contribution in [2.75, 3.05) is 0 Å². The van der Waals surface area contributed by atoms with E-state index in [9.17, 15) is 14.4 Å². The molecule has 8 nitrogen and oxygen atoms in total. The lowest BCUT2D eigenvalue weighted by atomic mass is 10.1. The van der Waals surface area contributed by atoms with Gasteiger partial charge in [-0.2, -0.15) is 5.10 Å². The number of para-hydroxylation sites is 1. The third-order valence-corrected chi connectivity index (χ3v) is 5.08. The van der Waals surface area contributed by atoms with E-state index in [0.29, 0.717) is 5.39 Å². The number of fused-ring (bicyclic) bond motifs is 1. The van der Waals surface area contributed by atoms with Crippen molar-refractivity contribution in [3.8, 4) is 5.69 Å². The van der Waals surface area contributed by atoms with Crippen molar-refractivity contribution in [1.29, 1.82) is 0 Å². The Morgan fingerprint density at radius 2 is 1.73 bits per heavy atom. The smallest absolute Gasteiger partial charge is 0.273 e. The van der Waals surface area contributed by atoms with Gasteiger partial charge in [0.15, 0.2) is 0 Å². The number of benzene rings is 2. The molecule has 2 aromatic carbocycles. The van der Waals surface area contributed by atoms with Gasteiger partial charge in [-0.3, -0.25) is 19.5 Å². The molecule has 152 valence electrons.